The Morgan fingerprint density at radius 3 is 2.74 bits per heavy atom. The summed E-state index contributed by atoms with van der Waals surface area (Å²) in [6.45, 7) is 0. The van der Waals surface area contributed by atoms with Crippen molar-refractivity contribution >= 4 is 16.5 Å². The van der Waals surface area contributed by atoms with Crippen LogP contribution in [0.1, 0.15) is 11.1 Å². The molecule has 0 heterocycles. The SMILES string of the molecule is N#Cc1cccc(CS(=O)c2ccc(N)cc2F)c1. The molecule has 2 aromatic rings. The second kappa shape index (κ2) is 5.63. The maximum atomic E-state index is 13.6. The van der Waals surface area contributed by atoms with Gasteiger partial charge in [-0.2, -0.15) is 5.26 Å². The monoisotopic (exact) mass is 274 g/mol. The fourth-order valence-electron chi connectivity index (χ4n) is 1.66. The first-order valence-corrected chi connectivity index (χ1v) is 6.84. The van der Waals surface area contributed by atoms with Gasteiger partial charge in [0.1, 0.15) is 5.82 Å². The summed E-state index contributed by atoms with van der Waals surface area (Å²) in [5.74, 6) is -0.411. The van der Waals surface area contributed by atoms with Crippen LogP contribution < -0.4 is 5.73 Å². The van der Waals surface area contributed by atoms with Gasteiger partial charge in [-0.05, 0) is 35.9 Å². The summed E-state index contributed by atoms with van der Waals surface area (Å²) in [6, 6.07) is 12.9. The number of nitrogen functional groups attached to an aromatic ring is 1. The lowest BCUT2D eigenvalue weighted by Gasteiger charge is -2.05. The minimum Gasteiger partial charge on any atom is -0.399 e. The van der Waals surface area contributed by atoms with Crippen molar-refractivity contribution in [2.45, 2.75) is 10.6 Å². The maximum Gasteiger partial charge on any atom is 0.141 e. The molecule has 0 bridgehead atoms. The molecule has 0 aromatic heterocycles. The third-order valence-electron chi connectivity index (χ3n) is 2.56. The van der Waals surface area contributed by atoms with Gasteiger partial charge in [-0.3, -0.25) is 4.21 Å². The van der Waals surface area contributed by atoms with E-state index in [1.807, 2.05) is 6.07 Å². The van der Waals surface area contributed by atoms with Crippen molar-refractivity contribution in [1.82, 2.24) is 0 Å². The van der Waals surface area contributed by atoms with Gasteiger partial charge in [0, 0.05) is 5.69 Å². The van der Waals surface area contributed by atoms with Gasteiger partial charge in [-0.25, -0.2) is 4.39 Å². The molecule has 19 heavy (non-hydrogen) atoms. The molecule has 1 unspecified atom stereocenters. The molecule has 2 aromatic carbocycles. The van der Waals surface area contributed by atoms with Gasteiger partial charge in [0.2, 0.25) is 0 Å². The van der Waals surface area contributed by atoms with E-state index in [0.717, 1.165) is 11.6 Å². The Hall–Kier alpha value is -2.19. The van der Waals surface area contributed by atoms with Crippen LogP contribution in [0.2, 0.25) is 0 Å². The molecule has 0 saturated heterocycles. The van der Waals surface area contributed by atoms with Gasteiger partial charge in [-0.1, -0.05) is 12.1 Å². The Bertz CT molecular complexity index is 679. The summed E-state index contributed by atoms with van der Waals surface area (Å²) >= 11 is 0. The zero-order valence-electron chi connectivity index (χ0n) is 9.97. The number of hydrogen-bond acceptors (Lipinski definition) is 3. The Labute approximate surface area is 112 Å². The van der Waals surface area contributed by atoms with Crippen LogP contribution in [0.5, 0.6) is 0 Å². The number of halogens is 1. The molecule has 3 nitrogen and oxygen atoms in total. The van der Waals surface area contributed by atoms with Gasteiger partial charge >= 0.3 is 0 Å². The normalized spacial score (nSPS) is 11.8. The zero-order valence-corrected chi connectivity index (χ0v) is 10.8. The average molecular weight is 274 g/mol. The zero-order chi connectivity index (χ0) is 13.8. The highest BCUT2D eigenvalue weighted by Gasteiger charge is 2.11. The number of nitrogens with two attached hydrogens (primary N) is 1. The lowest BCUT2D eigenvalue weighted by molar-refractivity contribution is 0.596. The van der Waals surface area contributed by atoms with Crippen LogP contribution in [-0.2, 0) is 16.6 Å². The smallest absolute Gasteiger partial charge is 0.141 e. The van der Waals surface area contributed by atoms with Crippen LogP contribution in [0.4, 0.5) is 10.1 Å². The Kier molecular flexibility index (Phi) is 3.93. The molecule has 0 saturated carbocycles. The largest absolute Gasteiger partial charge is 0.399 e. The first-order valence-electron chi connectivity index (χ1n) is 5.52. The Morgan fingerprint density at radius 1 is 1.26 bits per heavy atom. The summed E-state index contributed by atoms with van der Waals surface area (Å²) in [5, 5.41) is 8.79. The predicted octanol–water partition coefficient (Wildman–Crippen LogP) is 2.59. The van der Waals surface area contributed by atoms with Crippen molar-refractivity contribution in [1.29, 1.82) is 5.26 Å². The number of hydrogen-bond donors (Lipinski definition) is 1. The summed E-state index contributed by atoms with van der Waals surface area (Å²) in [5.41, 5.74) is 6.96. The summed E-state index contributed by atoms with van der Waals surface area (Å²) < 4.78 is 25.7. The molecule has 0 spiro atoms. The number of rotatable bonds is 3. The fraction of sp³-hybridized carbons (Fsp3) is 0.0714. The molecular formula is C14H11FN2OS. The first-order chi connectivity index (χ1) is 9.10. The number of anilines is 1. The van der Waals surface area contributed by atoms with E-state index >= 15 is 0 Å². The fourth-order valence-corrected chi connectivity index (χ4v) is 2.80. The quantitative estimate of drug-likeness (QED) is 0.875. The van der Waals surface area contributed by atoms with Gasteiger partial charge in [0.25, 0.3) is 0 Å². The summed E-state index contributed by atoms with van der Waals surface area (Å²) in [6.07, 6.45) is 0. The molecule has 0 radical (unpaired) electrons. The summed E-state index contributed by atoms with van der Waals surface area (Å²) in [4.78, 5) is 0.122. The molecule has 0 aliphatic heterocycles. The van der Waals surface area contributed by atoms with E-state index in [2.05, 4.69) is 0 Å². The molecule has 5 heteroatoms. The highest BCUT2D eigenvalue weighted by atomic mass is 32.2. The lowest BCUT2D eigenvalue weighted by atomic mass is 10.2. The Balaban J connectivity index is 2.23. The van der Waals surface area contributed by atoms with Crippen molar-refractivity contribution in [2.75, 3.05) is 5.73 Å². The standard InChI is InChI=1S/C14H11FN2OS/c15-13-7-12(17)4-5-14(13)19(18)9-11-3-1-2-10(6-11)8-16/h1-7H,9,17H2. The van der Waals surface area contributed by atoms with Crippen LogP contribution in [0.3, 0.4) is 0 Å². The van der Waals surface area contributed by atoms with E-state index in [-0.39, 0.29) is 10.6 Å². The van der Waals surface area contributed by atoms with Crippen LogP contribution in [0, 0.1) is 17.1 Å². The molecule has 0 aliphatic carbocycles. The molecule has 0 aliphatic rings. The van der Waals surface area contributed by atoms with Crippen LogP contribution in [0.15, 0.2) is 47.4 Å². The predicted molar refractivity (Wildman–Crippen MR) is 72.1 cm³/mol. The van der Waals surface area contributed by atoms with E-state index in [4.69, 9.17) is 11.0 Å². The number of benzene rings is 2. The van der Waals surface area contributed by atoms with Gasteiger partial charge in [-0.15, -0.1) is 0 Å². The van der Waals surface area contributed by atoms with Crippen molar-refractivity contribution in [3.05, 3.63) is 59.4 Å². The van der Waals surface area contributed by atoms with E-state index in [0.29, 0.717) is 11.3 Å². The summed E-state index contributed by atoms with van der Waals surface area (Å²) in [7, 11) is -1.50. The van der Waals surface area contributed by atoms with E-state index in [1.165, 1.54) is 12.1 Å². The maximum absolute atomic E-state index is 13.6. The molecular weight excluding hydrogens is 263 g/mol. The highest BCUT2D eigenvalue weighted by molar-refractivity contribution is 7.84. The van der Waals surface area contributed by atoms with Crippen molar-refractivity contribution < 1.29 is 8.60 Å². The van der Waals surface area contributed by atoms with Crippen LogP contribution >= 0.6 is 0 Å². The van der Waals surface area contributed by atoms with Gasteiger partial charge in [0.05, 0.1) is 33.1 Å². The minimum absolute atomic E-state index is 0.122. The molecule has 1 atom stereocenters. The average Bonchev–Trinajstić information content (AvgIpc) is 2.38. The topological polar surface area (TPSA) is 66.9 Å². The molecule has 0 fully saturated rings. The first kappa shape index (κ1) is 13.2. The van der Waals surface area contributed by atoms with E-state index in [9.17, 15) is 8.60 Å². The Morgan fingerprint density at radius 2 is 2.05 bits per heavy atom. The number of nitrogens with zero attached hydrogens (tertiary/aromatic N) is 1. The number of nitriles is 1. The van der Waals surface area contributed by atoms with Crippen LogP contribution in [-0.4, -0.2) is 4.21 Å². The minimum atomic E-state index is -1.50. The second-order valence-electron chi connectivity index (χ2n) is 3.99. The lowest BCUT2D eigenvalue weighted by Crippen LogP contribution is -2.00. The molecule has 96 valence electrons. The van der Waals surface area contributed by atoms with E-state index in [1.54, 1.807) is 24.3 Å². The molecule has 2 rings (SSSR count). The van der Waals surface area contributed by atoms with Crippen molar-refractivity contribution in [3.63, 3.8) is 0 Å². The molecule has 2 N–H and O–H groups in total. The molecule has 0 amide bonds. The van der Waals surface area contributed by atoms with Crippen molar-refractivity contribution in [3.8, 4) is 6.07 Å². The third kappa shape index (κ3) is 3.18. The van der Waals surface area contributed by atoms with Crippen LogP contribution in [0.25, 0.3) is 0 Å². The third-order valence-corrected chi connectivity index (χ3v) is 3.97. The van der Waals surface area contributed by atoms with Gasteiger partial charge < -0.3 is 5.73 Å². The van der Waals surface area contributed by atoms with E-state index < -0.39 is 16.6 Å². The van der Waals surface area contributed by atoms with Gasteiger partial charge in [0.15, 0.2) is 0 Å². The second-order valence-corrected chi connectivity index (χ2v) is 5.41. The van der Waals surface area contributed by atoms with Crippen molar-refractivity contribution in [2.24, 2.45) is 0 Å². The highest BCUT2D eigenvalue weighted by Crippen LogP contribution is 2.18.